The van der Waals surface area contributed by atoms with Gasteiger partial charge in [-0.2, -0.15) is 0 Å². The largest absolute Gasteiger partial charge is 0.490 e. The highest BCUT2D eigenvalue weighted by molar-refractivity contribution is 5.62. The van der Waals surface area contributed by atoms with Crippen molar-refractivity contribution in [3.05, 3.63) is 6.33 Å². The Kier molecular flexibility index (Phi) is 5.17. The molecule has 4 N–H and O–H groups in total. The molecule has 7 heteroatoms. The molecule has 0 unspecified atom stereocenters. The Bertz CT molecular complexity index is 394. The Balaban J connectivity index is 1.81. The molecule has 1 aromatic heterocycles. The van der Waals surface area contributed by atoms with Crippen molar-refractivity contribution in [3.8, 4) is 5.75 Å². The van der Waals surface area contributed by atoms with Crippen LogP contribution in [0.4, 0.5) is 11.6 Å². The van der Waals surface area contributed by atoms with E-state index in [2.05, 4.69) is 25.6 Å². The third-order valence-electron chi connectivity index (χ3n) is 3.29. The monoisotopic (exact) mass is 266 g/mol. The van der Waals surface area contributed by atoms with Crippen LogP contribution in [0.5, 0.6) is 5.75 Å². The number of hydrogen-bond acceptors (Lipinski definition) is 7. The molecule has 1 aliphatic rings. The lowest BCUT2D eigenvalue weighted by Gasteiger charge is -2.15. The molecule has 2 heterocycles. The highest BCUT2D eigenvalue weighted by Crippen LogP contribution is 2.27. The predicted octanol–water partition coefficient (Wildman–Crippen LogP) is 0.669. The summed E-state index contributed by atoms with van der Waals surface area (Å²) in [6, 6.07) is 0. The summed E-state index contributed by atoms with van der Waals surface area (Å²) in [5.74, 6) is 7.08. The number of ether oxygens (including phenoxy) is 1. The zero-order valence-corrected chi connectivity index (χ0v) is 11.4. The Labute approximate surface area is 113 Å². The van der Waals surface area contributed by atoms with E-state index in [0.717, 1.165) is 19.5 Å². The van der Waals surface area contributed by atoms with E-state index >= 15 is 0 Å². The average Bonchev–Trinajstić information content (AvgIpc) is 2.96. The number of nitrogen functional groups attached to an aromatic ring is 1. The first-order valence-electron chi connectivity index (χ1n) is 6.67. The standard InChI is InChI=1S/C12H22N6O/c1-19-10-11(15-9-16-12(10)17-13)14-5-4-8-18-6-2-3-7-18/h9H,2-8,13H2,1H3,(H2,14,15,16,17). The molecule has 0 atom stereocenters. The SMILES string of the molecule is COc1c(NN)ncnc1NCCCN1CCCC1. The number of hydrazine groups is 1. The van der Waals surface area contributed by atoms with Gasteiger partial charge < -0.3 is 20.4 Å². The minimum absolute atomic E-state index is 0.486. The normalized spacial score (nSPS) is 15.5. The first kappa shape index (κ1) is 13.8. The third-order valence-corrected chi connectivity index (χ3v) is 3.29. The number of nitrogens with zero attached hydrogens (tertiary/aromatic N) is 3. The fourth-order valence-electron chi connectivity index (χ4n) is 2.31. The van der Waals surface area contributed by atoms with Crippen LogP contribution in [0.3, 0.4) is 0 Å². The lowest BCUT2D eigenvalue weighted by atomic mass is 10.3. The quantitative estimate of drug-likeness (QED) is 0.380. The van der Waals surface area contributed by atoms with Crippen molar-refractivity contribution in [1.29, 1.82) is 0 Å². The minimum atomic E-state index is 0.486. The average molecular weight is 266 g/mol. The summed E-state index contributed by atoms with van der Waals surface area (Å²) < 4.78 is 5.26. The van der Waals surface area contributed by atoms with E-state index in [0.29, 0.717) is 17.4 Å². The van der Waals surface area contributed by atoms with Gasteiger partial charge in [0.05, 0.1) is 7.11 Å². The predicted molar refractivity (Wildman–Crippen MR) is 75.2 cm³/mol. The van der Waals surface area contributed by atoms with Gasteiger partial charge in [-0.1, -0.05) is 0 Å². The summed E-state index contributed by atoms with van der Waals surface area (Å²) in [4.78, 5) is 10.7. The first-order chi connectivity index (χ1) is 9.35. The molecular formula is C12H22N6O. The lowest BCUT2D eigenvalue weighted by Crippen LogP contribution is -2.22. The second-order valence-electron chi connectivity index (χ2n) is 4.58. The molecule has 0 saturated carbocycles. The second kappa shape index (κ2) is 7.10. The number of likely N-dealkylation sites (tertiary alicyclic amines) is 1. The number of nitrogens with two attached hydrogens (primary N) is 1. The molecule has 0 aromatic carbocycles. The van der Waals surface area contributed by atoms with E-state index in [9.17, 15) is 0 Å². The van der Waals surface area contributed by atoms with Crippen molar-refractivity contribution in [3.63, 3.8) is 0 Å². The van der Waals surface area contributed by atoms with E-state index in [1.807, 2.05) is 0 Å². The van der Waals surface area contributed by atoms with Gasteiger partial charge in [0.1, 0.15) is 6.33 Å². The molecule has 7 nitrogen and oxygen atoms in total. The fraction of sp³-hybridized carbons (Fsp3) is 0.667. The maximum Gasteiger partial charge on any atom is 0.205 e. The van der Waals surface area contributed by atoms with E-state index < -0.39 is 0 Å². The molecular weight excluding hydrogens is 244 g/mol. The van der Waals surface area contributed by atoms with E-state index in [4.69, 9.17) is 10.6 Å². The molecule has 1 aliphatic heterocycles. The van der Waals surface area contributed by atoms with Gasteiger partial charge >= 0.3 is 0 Å². The number of methoxy groups -OCH3 is 1. The zero-order valence-electron chi connectivity index (χ0n) is 11.4. The van der Waals surface area contributed by atoms with Crippen LogP contribution in [0.2, 0.25) is 0 Å². The van der Waals surface area contributed by atoms with Crippen molar-refractivity contribution in [2.24, 2.45) is 5.84 Å². The van der Waals surface area contributed by atoms with Gasteiger partial charge in [0.25, 0.3) is 0 Å². The third kappa shape index (κ3) is 3.68. The summed E-state index contributed by atoms with van der Waals surface area (Å²) in [5.41, 5.74) is 2.50. The van der Waals surface area contributed by atoms with Gasteiger partial charge in [-0.15, -0.1) is 0 Å². The van der Waals surface area contributed by atoms with Crippen molar-refractivity contribution >= 4 is 11.6 Å². The smallest absolute Gasteiger partial charge is 0.205 e. The molecule has 1 fully saturated rings. The highest BCUT2D eigenvalue weighted by atomic mass is 16.5. The lowest BCUT2D eigenvalue weighted by molar-refractivity contribution is 0.337. The van der Waals surface area contributed by atoms with Crippen molar-refractivity contribution < 1.29 is 4.74 Å². The molecule has 0 spiro atoms. The highest BCUT2D eigenvalue weighted by Gasteiger charge is 2.12. The molecule has 0 amide bonds. The first-order valence-corrected chi connectivity index (χ1v) is 6.67. The van der Waals surface area contributed by atoms with E-state index in [-0.39, 0.29) is 0 Å². The van der Waals surface area contributed by atoms with Gasteiger partial charge in [-0.3, -0.25) is 0 Å². The summed E-state index contributed by atoms with van der Waals surface area (Å²) in [5, 5.41) is 3.26. The van der Waals surface area contributed by atoms with Gasteiger partial charge in [-0.05, 0) is 38.9 Å². The van der Waals surface area contributed by atoms with Gasteiger partial charge in [0.15, 0.2) is 11.6 Å². The van der Waals surface area contributed by atoms with Crippen LogP contribution in [0.15, 0.2) is 6.33 Å². The summed E-state index contributed by atoms with van der Waals surface area (Å²) in [6.07, 6.45) is 5.20. The number of hydrogen-bond donors (Lipinski definition) is 3. The van der Waals surface area contributed by atoms with Crippen LogP contribution in [-0.2, 0) is 0 Å². The van der Waals surface area contributed by atoms with Crippen molar-refractivity contribution in [2.45, 2.75) is 19.3 Å². The topological polar surface area (TPSA) is 88.3 Å². The maximum absolute atomic E-state index is 5.38. The Morgan fingerprint density at radius 3 is 2.74 bits per heavy atom. The summed E-state index contributed by atoms with van der Waals surface area (Å²) in [6.45, 7) is 4.45. The van der Waals surface area contributed by atoms with Crippen LogP contribution >= 0.6 is 0 Å². The molecule has 0 radical (unpaired) electrons. The molecule has 2 rings (SSSR count). The van der Waals surface area contributed by atoms with Gasteiger partial charge in [-0.25, -0.2) is 15.8 Å². The second-order valence-corrected chi connectivity index (χ2v) is 4.58. The summed E-state index contributed by atoms with van der Waals surface area (Å²) in [7, 11) is 1.58. The van der Waals surface area contributed by atoms with E-state index in [1.54, 1.807) is 7.11 Å². The Morgan fingerprint density at radius 2 is 2.05 bits per heavy atom. The number of aromatic nitrogens is 2. The summed E-state index contributed by atoms with van der Waals surface area (Å²) >= 11 is 0. The molecule has 1 saturated heterocycles. The Morgan fingerprint density at radius 1 is 1.32 bits per heavy atom. The van der Waals surface area contributed by atoms with Gasteiger partial charge in [0.2, 0.25) is 5.75 Å². The molecule has 0 bridgehead atoms. The molecule has 1 aromatic rings. The van der Waals surface area contributed by atoms with Crippen molar-refractivity contribution in [2.75, 3.05) is 44.0 Å². The van der Waals surface area contributed by atoms with Gasteiger partial charge in [0, 0.05) is 6.54 Å². The number of anilines is 2. The molecule has 106 valence electrons. The number of nitrogens with one attached hydrogen (secondary N) is 2. The maximum atomic E-state index is 5.38. The molecule has 19 heavy (non-hydrogen) atoms. The Hall–Kier alpha value is -1.60. The minimum Gasteiger partial charge on any atom is -0.490 e. The zero-order chi connectivity index (χ0) is 13.5. The van der Waals surface area contributed by atoms with E-state index in [1.165, 1.54) is 32.3 Å². The van der Waals surface area contributed by atoms with Crippen molar-refractivity contribution in [1.82, 2.24) is 14.9 Å². The fourth-order valence-corrected chi connectivity index (χ4v) is 2.31. The van der Waals surface area contributed by atoms with Crippen LogP contribution in [0, 0.1) is 0 Å². The number of rotatable bonds is 7. The van der Waals surface area contributed by atoms with Crippen LogP contribution in [0.1, 0.15) is 19.3 Å². The van der Waals surface area contributed by atoms with Crippen LogP contribution < -0.4 is 21.3 Å². The molecule has 0 aliphatic carbocycles. The van der Waals surface area contributed by atoms with Crippen LogP contribution in [0.25, 0.3) is 0 Å². The van der Waals surface area contributed by atoms with Crippen LogP contribution in [-0.4, -0.2) is 48.2 Å².